The number of nitrogens with one attached hydrogen (secondary N) is 1. The van der Waals surface area contributed by atoms with Crippen LogP contribution in [-0.2, 0) is 6.54 Å². The highest BCUT2D eigenvalue weighted by Crippen LogP contribution is 2.22. The smallest absolute Gasteiger partial charge is 0.121 e. The van der Waals surface area contributed by atoms with Crippen LogP contribution < -0.4 is 5.32 Å². The molecule has 2 rings (SSSR count). The molecule has 1 aliphatic rings. The first-order valence-electron chi connectivity index (χ1n) is 8.23. The van der Waals surface area contributed by atoms with Crippen LogP contribution in [0.1, 0.15) is 56.7 Å². The van der Waals surface area contributed by atoms with Crippen molar-refractivity contribution >= 4 is 0 Å². The highest BCUT2D eigenvalue weighted by Gasteiger charge is 2.19. The van der Waals surface area contributed by atoms with Crippen LogP contribution in [0.4, 0.5) is 0 Å². The molecule has 0 saturated heterocycles. The highest BCUT2D eigenvalue weighted by molar-refractivity contribution is 5.28. The van der Waals surface area contributed by atoms with Gasteiger partial charge in [-0.15, -0.1) is 0 Å². The minimum Gasteiger partial charge on any atom is -0.300 e. The Bertz CT molecular complexity index is 450. The van der Waals surface area contributed by atoms with Crippen molar-refractivity contribution in [3.8, 4) is 6.07 Å². The van der Waals surface area contributed by atoms with Crippen LogP contribution >= 0.6 is 0 Å². The fourth-order valence-electron chi connectivity index (χ4n) is 3.06. The van der Waals surface area contributed by atoms with Crippen LogP contribution in [0.25, 0.3) is 0 Å². The van der Waals surface area contributed by atoms with E-state index in [0.29, 0.717) is 6.04 Å². The first kappa shape index (κ1) is 16.0. The Hall–Kier alpha value is -1.37. The van der Waals surface area contributed by atoms with Gasteiger partial charge in [0, 0.05) is 12.6 Å². The monoisotopic (exact) mass is 285 g/mol. The molecule has 21 heavy (non-hydrogen) atoms. The molecule has 0 aliphatic heterocycles. The Morgan fingerprint density at radius 2 is 1.81 bits per heavy atom. The molecule has 114 valence electrons. The molecular weight excluding hydrogens is 258 g/mol. The fraction of sp³-hybridized carbons (Fsp3) is 0.611. The van der Waals surface area contributed by atoms with Gasteiger partial charge in [0.25, 0.3) is 0 Å². The molecule has 0 radical (unpaired) electrons. The van der Waals surface area contributed by atoms with Gasteiger partial charge in [0.05, 0.1) is 6.07 Å². The van der Waals surface area contributed by atoms with Gasteiger partial charge in [-0.1, -0.05) is 51.0 Å². The van der Waals surface area contributed by atoms with Crippen LogP contribution in [0.5, 0.6) is 0 Å². The molecule has 1 atom stereocenters. The van der Waals surface area contributed by atoms with E-state index < -0.39 is 0 Å². The van der Waals surface area contributed by atoms with Crippen LogP contribution in [0.3, 0.4) is 0 Å². The Balaban J connectivity index is 1.97. The maximum absolute atomic E-state index is 9.41. The van der Waals surface area contributed by atoms with E-state index in [2.05, 4.69) is 54.4 Å². The van der Waals surface area contributed by atoms with Crippen molar-refractivity contribution < 1.29 is 0 Å². The maximum Gasteiger partial charge on any atom is 0.121 e. The third-order valence-electron chi connectivity index (χ3n) is 4.50. The van der Waals surface area contributed by atoms with Crippen molar-refractivity contribution in [1.29, 1.82) is 5.26 Å². The standard InChI is InChI=1S/C18H27N3/c1-3-21(4-2)14-15-9-11-16(12-10-15)18(13-19)20-17-7-5-6-8-17/h9-12,17-18,20H,3-8,14H2,1-2H3. The van der Waals surface area contributed by atoms with E-state index in [0.717, 1.165) is 25.2 Å². The van der Waals surface area contributed by atoms with Gasteiger partial charge in [0.2, 0.25) is 0 Å². The van der Waals surface area contributed by atoms with Gasteiger partial charge in [0.15, 0.2) is 0 Å². The Kier molecular flexibility index (Phi) is 6.22. The molecular formula is C18H27N3. The molecule has 1 unspecified atom stereocenters. The molecule has 0 heterocycles. The molecule has 1 fully saturated rings. The zero-order chi connectivity index (χ0) is 15.1. The fourth-order valence-corrected chi connectivity index (χ4v) is 3.06. The van der Waals surface area contributed by atoms with E-state index in [4.69, 9.17) is 0 Å². The molecule has 1 saturated carbocycles. The highest BCUT2D eigenvalue weighted by atomic mass is 15.1. The number of hydrogen-bond acceptors (Lipinski definition) is 3. The molecule has 3 nitrogen and oxygen atoms in total. The minimum absolute atomic E-state index is 0.171. The summed E-state index contributed by atoms with van der Waals surface area (Å²) in [4.78, 5) is 2.40. The Morgan fingerprint density at radius 3 is 2.33 bits per heavy atom. The second-order valence-corrected chi connectivity index (χ2v) is 5.91. The molecule has 0 spiro atoms. The number of hydrogen-bond donors (Lipinski definition) is 1. The van der Waals surface area contributed by atoms with Crippen LogP contribution in [-0.4, -0.2) is 24.0 Å². The van der Waals surface area contributed by atoms with Crippen molar-refractivity contribution in [1.82, 2.24) is 10.2 Å². The van der Waals surface area contributed by atoms with Crippen molar-refractivity contribution in [2.24, 2.45) is 0 Å². The third-order valence-corrected chi connectivity index (χ3v) is 4.50. The Morgan fingerprint density at radius 1 is 1.19 bits per heavy atom. The zero-order valence-electron chi connectivity index (χ0n) is 13.3. The number of nitriles is 1. The lowest BCUT2D eigenvalue weighted by Crippen LogP contribution is -2.29. The average molecular weight is 285 g/mol. The normalized spacial score (nSPS) is 17.0. The van der Waals surface area contributed by atoms with Crippen molar-refractivity contribution in [3.63, 3.8) is 0 Å². The van der Waals surface area contributed by atoms with Gasteiger partial charge in [-0.05, 0) is 37.1 Å². The summed E-state index contributed by atoms with van der Waals surface area (Å²) in [6.45, 7) is 7.51. The quantitative estimate of drug-likeness (QED) is 0.831. The topological polar surface area (TPSA) is 39.1 Å². The van der Waals surface area contributed by atoms with Gasteiger partial charge in [-0.25, -0.2) is 0 Å². The summed E-state index contributed by atoms with van der Waals surface area (Å²) in [7, 11) is 0. The first-order chi connectivity index (χ1) is 10.3. The molecule has 1 N–H and O–H groups in total. The zero-order valence-corrected chi connectivity index (χ0v) is 13.3. The second kappa shape index (κ2) is 8.17. The summed E-state index contributed by atoms with van der Waals surface area (Å²) in [6, 6.07) is 11.3. The van der Waals surface area contributed by atoms with Gasteiger partial charge >= 0.3 is 0 Å². The molecule has 1 aliphatic carbocycles. The van der Waals surface area contributed by atoms with Crippen molar-refractivity contribution in [2.75, 3.05) is 13.1 Å². The van der Waals surface area contributed by atoms with Crippen LogP contribution in [0.2, 0.25) is 0 Å². The van der Waals surface area contributed by atoms with Crippen LogP contribution in [0, 0.1) is 11.3 Å². The predicted octanol–water partition coefficient (Wildman–Crippen LogP) is 3.63. The van der Waals surface area contributed by atoms with Crippen LogP contribution in [0.15, 0.2) is 24.3 Å². The average Bonchev–Trinajstić information content (AvgIpc) is 3.04. The summed E-state index contributed by atoms with van der Waals surface area (Å²) in [6.07, 6.45) is 4.99. The van der Waals surface area contributed by atoms with Crippen molar-refractivity contribution in [3.05, 3.63) is 35.4 Å². The maximum atomic E-state index is 9.41. The van der Waals surface area contributed by atoms with E-state index in [-0.39, 0.29) is 6.04 Å². The van der Waals surface area contributed by atoms with E-state index >= 15 is 0 Å². The summed E-state index contributed by atoms with van der Waals surface area (Å²) < 4.78 is 0. The summed E-state index contributed by atoms with van der Waals surface area (Å²) >= 11 is 0. The summed E-state index contributed by atoms with van der Waals surface area (Å²) in [5.74, 6) is 0. The first-order valence-corrected chi connectivity index (χ1v) is 8.23. The van der Waals surface area contributed by atoms with E-state index in [1.807, 2.05) is 0 Å². The van der Waals surface area contributed by atoms with Gasteiger partial charge < -0.3 is 0 Å². The van der Waals surface area contributed by atoms with E-state index in [1.54, 1.807) is 0 Å². The van der Waals surface area contributed by atoms with Crippen molar-refractivity contribution in [2.45, 2.75) is 58.2 Å². The van der Waals surface area contributed by atoms with Gasteiger partial charge in [0.1, 0.15) is 6.04 Å². The molecule has 3 heteroatoms. The van der Waals surface area contributed by atoms with Gasteiger partial charge in [-0.2, -0.15) is 5.26 Å². The molecule has 1 aromatic rings. The van der Waals surface area contributed by atoms with Gasteiger partial charge in [-0.3, -0.25) is 10.2 Å². The summed E-state index contributed by atoms with van der Waals surface area (Å²) in [5, 5.41) is 12.9. The molecule has 1 aromatic carbocycles. The minimum atomic E-state index is -0.171. The molecule has 0 bridgehead atoms. The lowest BCUT2D eigenvalue weighted by molar-refractivity contribution is 0.296. The predicted molar refractivity (Wildman–Crippen MR) is 86.8 cm³/mol. The van der Waals surface area contributed by atoms with E-state index in [9.17, 15) is 5.26 Å². The van der Waals surface area contributed by atoms with E-state index in [1.165, 1.54) is 31.2 Å². The lowest BCUT2D eigenvalue weighted by Gasteiger charge is -2.20. The summed E-state index contributed by atoms with van der Waals surface area (Å²) in [5.41, 5.74) is 2.41. The third kappa shape index (κ3) is 4.56. The lowest BCUT2D eigenvalue weighted by atomic mass is 10.0. The molecule has 0 amide bonds. The largest absolute Gasteiger partial charge is 0.300 e. The second-order valence-electron chi connectivity index (χ2n) is 5.91. The molecule has 0 aromatic heterocycles. The SMILES string of the molecule is CCN(CC)Cc1ccc(C(C#N)NC2CCCC2)cc1. The number of nitrogens with zero attached hydrogens (tertiary/aromatic N) is 2. The number of rotatable bonds is 7. The number of benzene rings is 1. The Labute approximate surface area is 129 Å².